The van der Waals surface area contributed by atoms with Crippen molar-refractivity contribution < 1.29 is 0 Å². The smallest absolute Gasteiger partial charge is 0.252 e. The molecule has 522 valence electrons. The van der Waals surface area contributed by atoms with Gasteiger partial charge in [0.25, 0.3) is 13.4 Å². The number of rotatable bonds is 12. The molecule has 10 heteroatoms. The summed E-state index contributed by atoms with van der Waals surface area (Å²) in [6, 6.07) is 150. The average Bonchev–Trinajstić information content (AvgIpc) is 0.699. The van der Waals surface area contributed by atoms with E-state index in [1.807, 2.05) is 22.7 Å². The highest BCUT2D eigenvalue weighted by Crippen LogP contribution is 2.56. The third-order valence-electron chi connectivity index (χ3n) is 23.3. The number of nitrogens with zero attached hydrogens (tertiary/aromatic N) is 6. The van der Waals surface area contributed by atoms with Crippen molar-refractivity contribution in [3.05, 3.63) is 400 Å². The van der Waals surface area contributed by atoms with E-state index in [0.717, 1.165) is 125 Å². The summed E-state index contributed by atoms with van der Waals surface area (Å²) in [5.41, 5.74) is 31.7. The third kappa shape index (κ3) is 9.92. The van der Waals surface area contributed by atoms with Gasteiger partial charge in [0.1, 0.15) is 0 Å². The molecule has 0 saturated heterocycles. The molecule has 0 atom stereocenters. The van der Waals surface area contributed by atoms with Gasteiger partial charge in [0, 0.05) is 121 Å². The van der Waals surface area contributed by atoms with Crippen LogP contribution >= 0.6 is 22.7 Å². The first-order valence-corrected chi connectivity index (χ1v) is 40.1. The second-order valence-electron chi connectivity index (χ2n) is 29.4. The Hall–Kier alpha value is -13.9. The summed E-state index contributed by atoms with van der Waals surface area (Å²) in [4.78, 5) is 15.5. The molecule has 4 aliphatic heterocycles. The van der Waals surface area contributed by atoms with Crippen molar-refractivity contribution in [3.63, 3.8) is 0 Å². The zero-order valence-electron chi connectivity index (χ0n) is 60.8. The van der Waals surface area contributed by atoms with Crippen LogP contribution in [0.15, 0.2) is 400 Å². The van der Waals surface area contributed by atoms with E-state index in [9.17, 15) is 0 Å². The molecule has 17 aromatic carbocycles. The monoisotopic (exact) mass is 1460 g/mol. The Labute approximate surface area is 658 Å². The molecule has 0 bridgehead atoms. The summed E-state index contributed by atoms with van der Waals surface area (Å²) in [6.45, 7) is -0.473. The van der Waals surface area contributed by atoms with Crippen LogP contribution in [0.3, 0.4) is 0 Å². The topological polar surface area (TPSA) is 19.4 Å². The molecule has 19 aromatic rings. The highest BCUT2D eigenvalue weighted by molar-refractivity contribution is 7.26. The summed E-state index contributed by atoms with van der Waals surface area (Å²) in [5.74, 6) is 0. The minimum atomic E-state index is -0.254. The molecule has 0 unspecified atom stereocenters. The van der Waals surface area contributed by atoms with E-state index in [2.05, 4.69) is 430 Å². The lowest BCUT2D eigenvalue weighted by atomic mass is 9.30. The Morgan fingerprint density at radius 3 is 1.16 bits per heavy atom. The summed E-state index contributed by atoms with van der Waals surface area (Å²) in [6.07, 6.45) is 0. The van der Waals surface area contributed by atoms with Crippen LogP contribution in [0.5, 0.6) is 0 Å². The van der Waals surface area contributed by atoms with Gasteiger partial charge >= 0.3 is 0 Å². The molecule has 6 nitrogen and oxygen atoms in total. The zero-order chi connectivity index (χ0) is 73.5. The summed E-state index contributed by atoms with van der Waals surface area (Å²) >= 11 is 3.74. The van der Waals surface area contributed by atoms with Gasteiger partial charge in [0.2, 0.25) is 0 Å². The van der Waals surface area contributed by atoms with Crippen LogP contribution in [0.25, 0.3) is 62.6 Å². The van der Waals surface area contributed by atoms with Gasteiger partial charge in [0.05, 0.1) is 33.1 Å². The summed E-state index contributed by atoms with van der Waals surface area (Å²) in [7, 11) is 0. The Balaban J connectivity index is 0.844. The molecule has 0 spiro atoms. The number of para-hydroxylation sites is 8. The van der Waals surface area contributed by atoms with Crippen molar-refractivity contribution in [1.29, 1.82) is 0 Å². The summed E-state index contributed by atoms with van der Waals surface area (Å²) in [5, 5.41) is 5.00. The fourth-order valence-corrected chi connectivity index (χ4v) is 21.1. The predicted molar refractivity (Wildman–Crippen MR) is 481 cm³/mol. The predicted octanol–water partition coefficient (Wildman–Crippen LogP) is 24.9. The first kappa shape index (κ1) is 64.1. The van der Waals surface area contributed by atoms with E-state index in [4.69, 9.17) is 0 Å². The second kappa shape index (κ2) is 25.9. The molecule has 0 amide bonds. The van der Waals surface area contributed by atoms with E-state index < -0.39 is 0 Å². The molecule has 23 rings (SSSR count). The Morgan fingerprint density at radius 1 is 0.232 bits per heavy atom. The van der Waals surface area contributed by atoms with E-state index >= 15 is 0 Å². The van der Waals surface area contributed by atoms with E-state index in [-0.39, 0.29) is 13.4 Å². The molecule has 112 heavy (non-hydrogen) atoms. The molecule has 4 aliphatic rings. The van der Waals surface area contributed by atoms with Crippen molar-refractivity contribution in [2.75, 3.05) is 29.4 Å². The SMILES string of the molecule is c1ccc(-c2cccc(-c3ccccc3)c2N(c2ccccc2)c2cc3c4c(c2)N(c2cccc5sc6ccccc6c25)c2ccccc2B4c2cc4c(cc2N3c2ccccc2)N(c2ccccc2)c2cc(N(c3ccccc3)c3cccc5c3sc3ccccc35)cc3c2B4c2ccccc2N3c2ccccc2)cc1. The van der Waals surface area contributed by atoms with Crippen LogP contribution in [0, 0.1) is 0 Å². The highest BCUT2D eigenvalue weighted by Gasteiger charge is 2.49. The number of hydrogen-bond donors (Lipinski definition) is 0. The third-order valence-corrected chi connectivity index (χ3v) is 25.6. The van der Waals surface area contributed by atoms with Crippen LogP contribution in [-0.4, -0.2) is 13.4 Å². The molecule has 0 aliphatic carbocycles. The van der Waals surface area contributed by atoms with Gasteiger partial charge in [-0.05, 0) is 177 Å². The molecular weight excluding hydrogens is 1390 g/mol. The van der Waals surface area contributed by atoms with Crippen LogP contribution < -0.4 is 62.2 Å². The molecule has 0 N–H and O–H groups in total. The quantitative estimate of drug-likeness (QED) is 0.113. The minimum Gasteiger partial charge on any atom is -0.311 e. The van der Waals surface area contributed by atoms with Crippen molar-refractivity contribution in [3.8, 4) is 22.3 Å². The van der Waals surface area contributed by atoms with Gasteiger partial charge < -0.3 is 29.4 Å². The van der Waals surface area contributed by atoms with Crippen molar-refractivity contribution >= 4 is 212 Å². The zero-order valence-corrected chi connectivity index (χ0v) is 62.4. The van der Waals surface area contributed by atoms with Crippen molar-refractivity contribution in [1.82, 2.24) is 0 Å². The lowest BCUT2D eigenvalue weighted by Gasteiger charge is -2.48. The number of benzene rings is 17. The number of hydrogen-bond acceptors (Lipinski definition) is 8. The fraction of sp³-hybridized carbons (Fsp3) is 0. The summed E-state index contributed by atoms with van der Waals surface area (Å²) < 4.78 is 5.01. The molecule has 2 aromatic heterocycles. The van der Waals surface area contributed by atoms with Crippen molar-refractivity contribution in [2.45, 2.75) is 0 Å². The normalized spacial score (nSPS) is 12.9. The van der Waals surface area contributed by atoms with E-state index in [0.29, 0.717) is 0 Å². The standard InChI is InChI=1S/C102H66B2N6S2/c1-8-33-67(34-9-1)76-49-30-50-77(68-35-10-2-11-36-68)101(76)106(70-39-14-4-15-40-70)75-63-93-100-94(64-75)110(87-56-32-60-97-98(87)80-48-23-29-59-96(80)111-97)86-55-27-25-53-82(86)104(100)84-65-83-89(66-90(84)109(93)73-45-20-7-21-46-73)108(72-43-18-6-19-44-72)92-62-74(61-91-99(92)103(83)81-52-24-26-54-85(81)107(91)71-41-16-5-17-42-71)105(69-37-12-3-13-38-69)88-57-31-51-79-78-47-22-28-58-95(78)112-102(79)88/h1-66H. The van der Waals surface area contributed by atoms with Crippen molar-refractivity contribution in [2.24, 2.45) is 0 Å². The Morgan fingerprint density at radius 2 is 0.616 bits per heavy atom. The minimum absolute atomic E-state index is 0.220. The van der Waals surface area contributed by atoms with Gasteiger partial charge in [-0.15, -0.1) is 22.7 Å². The van der Waals surface area contributed by atoms with Crippen LogP contribution in [0.2, 0.25) is 0 Å². The molecule has 0 saturated carbocycles. The lowest BCUT2D eigenvalue weighted by molar-refractivity contribution is 1.22. The first-order valence-electron chi connectivity index (χ1n) is 38.5. The van der Waals surface area contributed by atoms with Gasteiger partial charge in [-0.3, -0.25) is 0 Å². The highest BCUT2D eigenvalue weighted by atomic mass is 32.1. The van der Waals surface area contributed by atoms with Crippen LogP contribution in [0.1, 0.15) is 0 Å². The van der Waals surface area contributed by atoms with Gasteiger partial charge in [-0.1, -0.05) is 267 Å². The Bertz CT molecular complexity index is 6890. The average molecular weight is 1460 g/mol. The van der Waals surface area contributed by atoms with E-state index in [1.54, 1.807) is 0 Å². The first-order chi connectivity index (χ1) is 55.6. The van der Waals surface area contributed by atoms with Crippen LogP contribution in [0.4, 0.5) is 102 Å². The van der Waals surface area contributed by atoms with Crippen LogP contribution in [-0.2, 0) is 0 Å². The largest absolute Gasteiger partial charge is 0.311 e. The number of anilines is 18. The lowest BCUT2D eigenvalue weighted by Crippen LogP contribution is -2.65. The van der Waals surface area contributed by atoms with Gasteiger partial charge in [0.15, 0.2) is 0 Å². The number of fused-ring (bicyclic) bond motifs is 14. The Kier molecular flexibility index (Phi) is 14.8. The maximum Gasteiger partial charge on any atom is 0.252 e. The van der Waals surface area contributed by atoms with E-state index in [1.165, 1.54) is 73.1 Å². The molecular formula is C102H66B2N6S2. The van der Waals surface area contributed by atoms with Gasteiger partial charge in [-0.25, -0.2) is 0 Å². The fourth-order valence-electron chi connectivity index (χ4n) is 18.8. The maximum atomic E-state index is 2.67. The molecule has 0 radical (unpaired) electrons. The van der Waals surface area contributed by atoms with Gasteiger partial charge in [-0.2, -0.15) is 0 Å². The second-order valence-corrected chi connectivity index (χ2v) is 31.5. The molecule has 0 fully saturated rings. The molecule has 6 heterocycles. The maximum absolute atomic E-state index is 2.67. The number of thiophene rings is 2.